The number of halogens is 3. The number of Topliss-reactive ketones (excluding diaryl/α,β-unsaturated/α-hetero) is 1. The Hall–Kier alpha value is -4.75. The van der Waals surface area contributed by atoms with Gasteiger partial charge in [-0.15, -0.1) is 5.11 Å². The fourth-order valence-electron chi connectivity index (χ4n) is 7.22. The number of hydrogen-bond donors (Lipinski definition) is 4. The lowest BCUT2D eigenvalue weighted by atomic mass is 9.77. The average molecular weight is 716 g/mol. The zero-order valence-electron chi connectivity index (χ0n) is 28.9. The highest BCUT2D eigenvalue weighted by molar-refractivity contribution is 6.01. The first-order valence-electron chi connectivity index (χ1n) is 18.0. The van der Waals surface area contributed by atoms with Gasteiger partial charge in [0.1, 0.15) is 5.78 Å². The smallest absolute Gasteiger partial charge is 0.349 e. The summed E-state index contributed by atoms with van der Waals surface area (Å²) in [5, 5.41) is 16.8. The predicted molar refractivity (Wildman–Crippen MR) is 193 cm³/mol. The van der Waals surface area contributed by atoms with Gasteiger partial charge in [0.25, 0.3) is 5.91 Å². The van der Waals surface area contributed by atoms with Crippen LogP contribution < -0.4 is 21.7 Å². The molecule has 2 fully saturated rings. The molecule has 2 heterocycles. The van der Waals surface area contributed by atoms with Crippen LogP contribution in [0.3, 0.4) is 0 Å². The summed E-state index contributed by atoms with van der Waals surface area (Å²) in [6.45, 7) is 2.29. The Balaban J connectivity index is 1.18. The van der Waals surface area contributed by atoms with Gasteiger partial charge in [0.15, 0.2) is 12.5 Å². The number of benzene rings is 3. The van der Waals surface area contributed by atoms with Gasteiger partial charge in [-0.2, -0.15) is 18.3 Å². The van der Waals surface area contributed by atoms with Crippen molar-refractivity contribution in [2.75, 3.05) is 31.6 Å². The summed E-state index contributed by atoms with van der Waals surface area (Å²) in [7, 11) is 0. The van der Waals surface area contributed by atoms with E-state index >= 15 is 0 Å². The molecule has 6 rings (SSSR count). The number of ketones is 1. The molecule has 2 amide bonds. The standard InChI is InChI=1S/C39H44F3N7O3/c40-39(41,42)34-20-29(11-14-33(34)38(52)48-32-15-17-44-18-16-32)26-5-1-24(2-6-26)19-30(21-35(50)27-7-3-25(22-43)4-8-27)37(51)47-31-12-9-28(10-13-31)36-45-23-46-49-36/h1-2,5-6,9-14,20,25,27,30,32,44H,3-4,7-8,15-19,21-23,43H2,(H,47,51)(H,48,52)/t25?,27?,30-/m1/s1. The maximum atomic E-state index is 14.2. The molecular formula is C39H44F3N7O3. The average Bonchev–Trinajstić information content (AvgIpc) is 3.70. The van der Waals surface area contributed by atoms with Crippen LogP contribution in [0.25, 0.3) is 11.1 Å². The number of amidine groups is 1. The number of azo groups is 1. The monoisotopic (exact) mass is 715 g/mol. The van der Waals surface area contributed by atoms with Crippen molar-refractivity contribution in [1.29, 1.82) is 0 Å². The Labute approximate surface area is 301 Å². The molecule has 0 spiro atoms. The lowest BCUT2D eigenvalue weighted by Crippen LogP contribution is -2.43. The molecule has 5 N–H and O–H groups in total. The summed E-state index contributed by atoms with van der Waals surface area (Å²) in [5.74, 6) is -0.832. The fourth-order valence-corrected chi connectivity index (χ4v) is 7.22. The van der Waals surface area contributed by atoms with Gasteiger partial charge in [-0.05, 0) is 124 Å². The van der Waals surface area contributed by atoms with Gasteiger partial charge in [0.05, 0.1) is 11.1 Å². The van der Waals surface area contributed by atoms with Crippen LogP contribution in [-0.2, 0) is 22.2 Å². The summed E-state index contributed by atoms with van der Waals surface area (Å²) in [4.78, 5) is 44.4. The van der Waals surface area contributed by atoms with Gasteiger partial charge in [-0.25, -0.2) is 4.99 Å². The Morgan fingerprint density at radius 3 is 2.17 bits per heavy atom. The molecule has 274 valence electrons. The highest BCUT2D eigenvalue weighted by atomic mass is 19.4. The molecule has 1 aliphatic carbocycles. The first-order valence-corrected chi connectivity index (χ1v) is 18.0. The van der Waals surface area contributed by atoms with Crippen molar-refractivity contribution in [3.8, 4) is 11.1 Å². The van der Waals surface area contributed by atoms with E-state index in [9.17, 15) is 27.6 Å². The Morgan fingerprint density at radius 1 is 0.865 bits per heavy atom. The quantitative estimate of drug-likeness (QED) is 0.168. The second kappa shape index (κ2) is 16.7. The van der Waals surface area contributed by atoms with E-state index in [1.165, 1.54) is 12.1 Å². The maximum absolute atomic E-state index is 14.2. The summed E-state index contributed by atoms with van der Waals surface area (Å²) < 4.78 is 42.6. The molecule has 1 saturated heterocycles. The van der Waals surface area contributed by atoms with Crippen LogP contribution in [0.15, 0.2) is 82.0 Å². The van der Waals surface area contributed by atoms with E-state index in [4.69, 9.17) is 5.73 Å². The number of carbonyl (C=O) groups is 3. The highest BCUT2D eigenvalue weighted by Crippen LogP contribution is 2.36. The van der Waals surface area contributed by atoms with E-state index in [0.717, 1.165) is 42.9 Å². The molecule has 52 heavy (non-hydrogen) atoms. The van der Waals surface area contributed by atoms with E-state index < -0.39 is 29.1 Å². The van der Waals surface area contributed by atoms with E-state index in [1.54, 1.807) is 48.5 Å². The number of carbonyl (C=O) groups excluding carboxylic acids is 3. The number of hydrogen-bond acceptors (Lipinski definition) is 8. The molecule has 0 aromatic heterocycles. The number of rotatable bonds is 12. The molecule has 1 atom stereocenters. The number of nitrogens with zero attached hydrogens (tertiary/aromatic N) is 3. The zero-order chi connectivity index (χ0) is 36.7. The minimum atomic E-state index is -4.73. The summed E-state index contributed by atoms with van der Waals surface area (Å²) >= 11 is 0. The van der Waals surface area contributed by atoms with Gasteiger partial charge in [0, 0.05) is 35.5 Å². The van der Waals surface area contributed by atoms with Crippen LogP contribution >= 0.6 is 0 Å². The molecule has 3 aromatic rings. The predicted octanol–water partition coefficient (Wildman–Crippen LogP) is 6.55. The third-order valence-electron chi connectivity index (χ3n) is 10.3. The number of amides is 2. The van der Waals surface area contributed by atoms with Gasteiger partial charge in [-0.1, -0.05) is 30.3 Å². The highest BCUT2D eigenvalue weighted by Gasteiger charge is 2.36. The van der Waals surface area contributed by atoms with E-state index in [2.05, 4.69) is 31.2 Å². The van der Waals surface area contributed by atoms with E-state index in [0.29, 0.717) is 61.0 Å². The number of piperidine rings is 1. The van der Waals surface area contributed by atoms with Crippen molar-refractivity contribution >= 4 is 29.1 Å². The molecular weight excluding hydrogens is 671 g/mol. The summed E-state index contributed by atoms with van der Waals surface area (Å²) in [6.07, 6.45) is 0.193. The normalized spacial score (nSPS) is 19.9. The van der Waals surface area contributed by atoms with E-state index in [1.807, 2.05) is 0 Å². The Morgan fingerprint density at radius 2 is 1.54 bits per heavy atom. The molecule has 3 aliphatic rings. The van der Waals surface area contributed by atoms with Crippen LogP contribution in [-0.4, -0.2) is 55.8 Å². The van der Waals surface area contributed by atoms with Gasteiger partial charge in [0.2, 0.25) is 5.91 Å². The van der Waals surface area contributed by atoms with Crippen LogP contribution in [0.2, 0.25) is 0 Å². The van der Waals surface area contributed by atoms with Crippen molar-refractivity contribution in [2.24, 2.45) is 38.7 Å². The van der Waals surface area contributed by atoms with Crippen molar-refractivity contribution < 1.29 is 27.6 Å². The molecule has 0 radical (unpaired) electrons. The first-order chi connectivity index (χ1) is 25.1. The van der Waals surface area contributed by atoms with Crippen LogP contribution in [0.1, 0.15) is 72.0 Å². The Kier molecular flexibility index (Phi) is 11.9. The van der Waals surface area contributed by atoms with Crippen LogP contribution in [0, 0.1) is 17.8 Å². The Bertz CT molecular complexity index is 1790. The summed E-state index contributed by atoms with van der Waals surface area (Å²) in [5.41, 5.74) is 7.38. The van der Waals surface area contributed by atoms with Gasteiger partial charge >= 0.3 is 6.18 Å². The van der Waals surface area contributed by atoms with Crippen molar-refractivity contribution in [3.05, 3.63) is 89.0 Å². The van der Waals surface area contributed by atoms with Crippen molar-refractivity contribution in [3.63, 3.8) is 0 Å². The molecule has 13 heteroatoms. The topological polar surface area (TPSA) is 150 Å². The second-order valence-electron chi connectivity index (χ2n) is 13.9. The molecule has 3 aromatic carbocycles. The van der Waals surface area contributed by atoms with Crippen LogP contribution in [0.4, 0.5) is 18.9 Å². The molecule has 1 saturated carbocycles. The minimum absolute atomic E-state index is 0.0520. The van der Waals surface area contributed by atoms with Crippen molar-refractivity contribution in [1.82, 2.24) is 10.6 Å². The zero-order valence-corrected chi connectivity index (χ0v) is 28.9. The third-order valence-corrected chi connectivity index (χ3v) is 10.3. The first kappa shape index (κ1) is 37.0. The minimum Gasteiger partial charge on any atom is -0.349 e. The van der Waals surface area contributed by atoms with Crippen molar-refractivity contribution in [2.45, 2.75) is 63.6 Å². The third kappa shape index (κ3) is 9.37. The number of anilines is 1. The SMILES string of the molecule is NCC1CCC(C(=O)C[C@@H](Cc2ccc(-c3ccc(C(=O)NC4CCNCC4)c(C(F)(F)F)c3)cc2)C(=O)Nc2ccc(C3=NCN=N3)cc2)CC1. The lowest BCUT2D eigenvalue weighted by Gasteiger charge is -2.27. The van der Waals surface area contributed by atoms with Gasteiger partial charge < -0.3 is 21.7 Å². The maximum Gasteiger partial charge on any atom is 0.417 e. The molecule has 0 unspecified atom stereocenters. The summed E-state index contributed by atoms with van der Waals surface area (Å²) in [6, 6.07) is 17.6. The fraction of sp³-hybridized carbons (Fsp3) is 0.436. The molecule has 10 nitrogen and oxygen atoms in total. The molecule has 0 bridgehead atoms. The molecule has 2 aliphatic heterocycles. The van der Waals surface area contributed by atoms with E-state index in [-0.39, 0.29) is 43.2 Å². The van der Waals surface area contributed by atoms with Gasteiger partial charge in [-0.3, -0.25) is 14.4 Å². The number of aliphatic imine (C=N–C) groups is 1. The number of nitrogens with two attached hydrogens (primary N) is 1. The number of alkyl halides is 3. The number of nitrogens with one attached hydrogen (secondary N) is 3. The second-order valence-corrected chi connectivity index (χ2v) is 13.9. The lowest BCUT2D eigenvalue weighted by molar-refractivity contribution is -0.138. The van der Waals surface area contributed by atoms with Crippen LogP contribution in [0.5, 0.6) is 0 Å². The largest absolute Gasteiger partial charge is 0.417 e.